The van der Waals surface area contributed by atoms with Crippen molar-refractivity contribution in [2.75, 3.05) is 7.11 Å². The summed E-state index contributed by atoms with van der Waals surface area (Å²) in [6.07, 6.45) is 3.02. The van der Waals surface area contributed by atoms with Crippen molar-refractivity contribution in [2.45, 2.75) is 6.92 Å². The van der Waals surface area contributed by atoms with Gasteiger partial charge in [0.1, 0.15) is 11.3 Å². The molecular formula is C22H18N2O4. The fourth-order valence-electron chi connectivity index (χ4n) is 2.78. The Bertz CT molecular complexity index is 1040. The van der Waals surface area contributed by atoms with Gasteiger partial charge in [0.2, 0.25) is 0 Å². The van der Waals surface area contributed by atoms with E-state index >= 15 is 0 Å². The molecule has 1 N–H and O–H groups in total. The molecule has 6 nitrogen and oxygen atoms in total. The Hall–Kier alpha value is -3.80. The first-order valence-corrected chi connectivity index (χ1v) is 8.54. The SMILES string of the molecule is COC(=O)C(C1=NC(=NC(=O)C=Cc2ccccc2)c2ccccc21)=C(C)O. The first-order chi connectivity index (χ1) is 13.5. The van der Waals surface area contributed by atoms with E-state index in [0.717, 1.165) is 5.56 Å². The van der Waals surface area contributed by atoms with Gasteiger partial charge < -0.3 is 9.84 Å². The van der Waals surface area contributed by atoms with Gasteiger partial charge >= 0.3 is 5.97 Å². The molecule has 6 heteroatoms. The van der Waals surface area contributed by atoms with Crippen molar-refractivity contribution < 1.29 is 19.4 Å². The summed E-state index contributed by atoms with van der Waals surface area (Å²) >= 11 is 0. The van der Waals surface area contributed by atoms with Crippen LogP contribution in [-0.2, 0) is 14.3 Å². The second-order valence-electron chi connectivity index (χ2n) is 5.98. The summed E-state index contributed by atoms with van der Waals surface area (Å²) in [5.74, 6) is -1.25. The Balaban J connectivity index is 1.99. The van der Waals surface area contributed by atoms with Gasteiger partial charge in [-0.2, -0.15) is 4.99 Å². The molecule has 1 amide bonds. The minimum Gasteiger partial charge on any atom is -0.512 e. The van der Waals surface area contributed by atoms with Crippen LogP contribution in [0.15, 0.2) is 82.0 Å². The van der Waals surface area contributed by atoms with Crippen LogP contribution in [0.4, 0.5) is 0 Å². The van der Waals surface area contributed by atoms with Gasteiger partial charge in [-0.25, -0.2) is 9.79 Å². The second-order valence-corrected chi connectivity index (χ2v) is 5.98. The number of ether oxygens (including phenoxy) is 1. The molecular weight excluding hydrogens is 356 g/mol. The lowest BCUT2D eigenvalue weighted by molar-refractivity contribution is -0.135. The molecule has 1 aliphatic rings. The summed E-state index contributed by atoms with van der Waals surface area (Å²) in [6.45, 7) is 1.38. The molecule has 0 aromatic heterocycles. The highest BCUT2D eigenvalue weighted by molar-refractivity contribution is 6.36. The van der Waals surface area contributed by atoms with Crippen molar-refractivity contribution in [1.29, 1.82) is 0 Å². The molecule has 0 spiro atoms. The number of carbonyl (C=O) groups is 2. The number of carbonyl (C=O) groups excluding carboxylic acids is 2. The van der Waals surface area contributed by atoms with Gasteiger partial charge in [-0.15, -0.1) is 0 Å². The van der Waals surface area contributed by atoms with Crippen molar-refractivity contribution >= 4 is 29.5 Å². The summed E-state index contributed by atoms with van der Waals surface area (Å²) in [4.78, 5) is 32.8. The third kappa shape index (κ3) is 3.96. The predicted octanol–water partition coefficient (Wildman–Crippen LogP) is 3.48. The van der Waals surface area contributed by atoms with Crippen LogP contribution in [0.2, 0.25) is 0 Å². The average molecular weight is 374 g/mol. The van der Waals surface area contributed by atoms with E-state index < -0.39 is 11.9 Å². The fourth-order valence-corrected chi connectivity index (χ4v) is 2.78. The Kier molecular flexibility index (Phi) is 5.60. The van der Waals surface area contributed by atoms with Crippen molar-refractivity contribution in [2.24, 2.45) is 9.98 Å². The molecule has 2 aromatic rings. The topological polar surface area (TPSA) is 88.3 Å². The van der Waals surface area contributed by atoms with Crippen molar-refractivity contribution in [3.05, 3.63) is 88.7 Å². The molecule has 0 saturated heterocycles. The molecule has 1 heterocycles. The first-order valence-electron chi connectivity index (χ1n) is 8.54. The van der Waals surface area contributed by atoms with Gasteiger partial charge in [0.15, 0.2) is 5.84 Å². The van der Waals surface area contributed by atoms with E-state index in [4.69, 9.17) is 4.74 Å². The number of fused-ring (bicyclic) bond motifs is 1. The molecule has 1 aliphatic heterocycles. The number of methoxy groups -OCH3 is 1. The second kappa shape index (κ2) is 8.26. The van der Waals surface area contributed by atoms with Crippen molar-refractivity contribution in [3.8, 4) is 0 Å². The summed E-state index contributed by atoms with van der Waals surface area (Å²) in [5, 5.41) is 9.96. The number of amides is 1. The normalized spacial score (nSPS) is 15.2. The number of aliphatic hydroxyl groups excluding tert-OH is 1. The minimum absolute atomic E-state index is 0.0626. The Morgan fingerprint density at radius 3 is 2.32 bits per heavy atom. The summed E-state index contributed by atoms with van der Waals surface area (Å²) in [7, 11) is 1.22. The standard InChI is InChI=1S/C22H18N2O4/c1-14(25)19(22(27)28-2)20-16-10-6-7-11-17(16)21(24-20)23-18(26)13-12-15-8-4-3-5-9-15/h3-13,25H,1-2H3. The molecule has 0 fully saturated rings. The number of aliphatic imine (C=N–C) groups is 2. The van der Waals surface area contributed by atoms with Crippen LogP contribution in [0.5, 0.6) is 0 Å². The lowest BCUT2D eigenvalue weighted by Crippen LogP contribution is -2.16. The number of benzene rings is 2. The smallest absolute Gasteiger partial charge is 0.343 e. The Morgan fingerprint density at radius 2 is 1.68 bits per heavy atom. The third-order valence-corrected chi connectivity index (χ3v) is 4.06. The number of hydrogen-bond acceptors (Lipinski definition) is 4. The summed E-state index contributed by atoms with van der Waals surface area (Å²) < 4.78 is 4.75. The molecule has 28 heavy (non-hydrogen) atoms. The molecule has 0 aliphatic carbocycles. The fraction of sp³-hybridized carbons (Fsp3) is 0.0909. The highest BCUT2D eigenvalue weighted by atomic mass is 16.5. The van der Waals surface area contributed by atoms with E-state index in [1.807, 2.05) is 30.3 Å². The first kappa shape index (κ1) is 19.0. The van der Waals surface area contributed by atoms with Crippen LogP contribution in [0.1, 0.15) is 23.6 Å². The van der Waals surface area contributed by atoms with Crippen LogP contribution in [-0.4, -0.2) is 35.6 Å². The van der Waals surface area contributed by atoms with E-state index in [-0.39, 0.29) is 22.9 Å². The number of esters is 1. The van der Waals surface area contributed by atoms with E-state index in [1.165, 1.54) is 20.1 Å². The number of allylic oxidation sites excluding steroid dienone is 1. The zero-order valence-corrected chi connectivity index (χ0v) is 15.4. The summed E-state index contributed by atoms with van der Waals surface area (Å²) in [5.41, 5.74) is 2.23. The highest BCUT2D eigenvalue weighted by Crippen LogP contribution is 2.25. The van der Waals surface area contributed by atoms with Crippen molar-refractivity contribution in [1.82, 2.24) is 0 Å². The molecule has 0 radical (unpaired) electrons. The van der Waals surface area contributed by atoms with Crippen molar-refractivity contribution in [3.63, 3.8) is 0 Å². The molecule has 0 saturated carbocycles. The molecule has 2 aromatic carbocycles. The van der Waals surface area contributed by atoms with Gasteiger partial charge in [0.25, 0.3) is 5.91 Å². The van der Waals surface area contributed by atoms with Gasteiger partial charge in [-0.3, -0.25) is 4.79 Å². The molecule has 3 rings (SSSR count). The third-order valence-electron chi connectivity index (χ3n) is 4.06. The average Bonchev–Trinajstić information content (AvgIpc) is 3.05. The Labute approximate surface area is 162 Å². The quantitative estimate of drug-likeness (QED) is 0.504. The van der Waals surface area contributed by atoms with E-state index in [1.54, 1.807) is 30.3 Å². The molecule has 0 atom stereocenters. The highest BCUT2D eigenvalue weighted by Gasteiger charge is 2.30. The van der Waals surface area contributed by atoms with E-state index in [0.29, 0.717) is 11.1 Å². The minimum atomic E-state index is -0.717. The van der Waals surface area contributed by atoms with Crippen LogP contribution in [0.3, 0.4) is 0 Å². The van der Waals surface area contributed by atoms with Gasteiger partial charge in [0, 0.05) is 17.2 Å². The number of rotatable bonds is 4. The van der Waals surface area contributed by atoms with Crippen LogP contribution in [0, 0.1) is 0 Å². The molecule has 0 unspecified atom stereocenters. The lowest BCUT2D eigenvalue weighted by Gasteiger charge is -2.07. The van der Waals surface area contributed by atoms with E-state index in [9.17, 15) is 14.7 Å². The lowest BCUT2D eigenvalue weighted by atomic mass is 9.99. The van der Waals surface area contributed by atoms with E-state index in [2.05, 4.69) is 9.98 Å². The summed E-state index contributed by atoms with van der Waals surface area (Å²) in [6, 6.07) is 16.4. The van der Waals surface area contributed by atoms with Gasteiger partial charge in [-0.1, -0.05) is 54.6 Å². The van der Waals surface area contributed by atoms with Crippen LogP contribution < -0.4 is 0 Å². The number of aliphatic hydroxyl groups is 1. The predicted molar refractivity (Wildman–Crippen MR) is 107 cm³/mol. The van der Waals surface area contributed by atoms with Gasteiger partial charge in [-0.05, 0) is 18.6 Å². The number of amidine groups is 1. The van der Waals surface area contributed by atoms with Crippen LogP contribution in [0.25, 0.3) is 6.08 Å². The Morgan fingerprint density at radius 1 is 1.04 bits per heavy atom. The monoisotopic (exact) mass is 374 g/mol. The van der Waals surface area contributed by atoms with Crippen LogP contribution >= 0.6 is 0 Å². The van der Waals surface area contributed by atoms with Gasteiger partial charge in [0.05, 0.1) is 12.8 Å². The maximum Gasteiger partial charge on any atom is 0.343 e. The zero-order valence-electron chi connectivity index (χ0n) is 15.4. The maximum atomic E-state index is 12.3. The number of hydrogen-bond donors (Lipinski definition) is 1. The maximum absolute atomic E-state index is 12.3. The molecule has 0 bridgehead atoms. The zero-order chi connectivity index (χ0) is 20.1. The molecule has 140 valence electrons. The number of nitrogens with zero attached hydrogens (tertiary/aromatic N) is 2. The largest absolute Gasteiger partial charge is 0.512 e.